The van der Waals surface area contributed by atoms with Gasteiger partial charge in [-0.25, -0.2) is 4.39 Å². The predicted octanol–water partition coefficient (Wildman–Crippen LogP) is 7.62. The van der Waals surface area contributed by atoms with E-state index in [-0.39, 0.29) is 11.7 Å². The molecule has 2 rings (SSSR count). The maximum atomic E-state index is 13.4. The number of rotatable bonds is 10. The highest BCUT2D eigenvalue weighted by atomic mass is 19.1. The molecule has 0 heterocycles. The van der Waals surface area contributed by atoms with Gasteiger partial charge in [-0.05, 0) is 68.0 Å². The summed E-state index contributed by atoms with van der Waals surface area (Å²) in [5.74, 6) is 1.12. The molecule has 31 heavy (non-hydrogen) atoms. The van der Waals surface area contributed by atoms with E-state index in [1.54, 1.807) is 19.2 Å². The van der Waals surface area contributed by atoms with Crippen molar-refractivity contribution in [2.75, 3.05) is 7.11 Å². The minimum absolute atomic E-state index is 0.193. The number of aliphatic hydroxyl groups is 1. The number of hydrogen-bond acceptors (Lipinski definition) is 2. The van der Waals surface area contributed by atoms with Crippen molar-refractivity contribution >= 4 is 0 Å². The van der Waals surface area contributed by atoms with E-state index in [2.05, 4.69) is 65.0 Å². The van der Waals surface area contributed by atoms with Crippen molar-refractivity contribution in [3.05, 3.63) is 89.3 Å². The topological polar surface area (TPSA) is 29.5 Å². The van der Waals surface area contributed by atoms with Crippen LogP contribution >= 0.6 is 0 Å². The lowest BCUT2D eigenvalue weighted by Crippen LogP contribution is -2.24. The maximum absolute atomic E-state index is 13.4. The van der Waals surface area contributed by atoms with Gasteiger partial charge in [-0.3, -0.25) is 0 Å². The zero-order valence-electron chi connectivity index (χ0n) is 19.7. The van der Waals surface area contributed by atoms with E-state index in [1.807, 2.05) is 12.1 Å². The van der Waals surface area contributed by atoms with Crippen molar-refractivity contribution < 1.29 is 14.2 Å². The second kappa shape index (κ2) is 11.3. The standard InChI is InChI=1S/C28H37FO2/c1-20(2)9-8-17-28(5,27(30)22-12-14-24(29)15-13-22)18-16-26(21(3)4)23-10-7-11-25(19-23)31-6/h7,9-16,18-19,21,26-27,30H,8,17H2,1-6H3/b18-16+. The molecule has 3 heteroatoms. The highest BCUT2D eigenvalue weighted by Crippen LogP contribution is 2.41. The molecule has 0 aliphatic rings. The molecule has 3 atom stereocenters. The Kier molecular flexibility index (Phi) is 9.06. The molecule has 168 valence electrons. The summed E-state index contributed by atoms with van der Waals surface area (Å²) in [6, 6.07) is 14.3. The summed E-state index contributed by atoms with van der Waals surface area (Å²) in [6.07, 6.45) is 7.50. The first-order chi connectivity index (χ1) is 14.7. The van der Waals surface area contributed by atoms with E-state index in [0.29, 0.717) is 5.92 Å². The fourth-order valence-electron chi connectivity index (χ4n) is 3.90. The van der Waals surface area contributed by atoms with E-state index in [4.69, 9.17) is 4.74 Å². The Hall–Kier alpha value is -2.39. The van der Waals surface area contributed by atoms with Crippen LogP contribution in [0.5, 0.6) is 5.75 Å². The van der Waals surface area contributed by atoms with Gasteiger partial charge in [-0.15, -0.1) is 0 Å². The van der Waals surface area contributed by atoms with Gasteiger partial charge in [0.25, 0.3) is 0 Å². The van der Waals surface area contributed by atoms with Crippen molar-refractivity contribution in [1.82, 2.24) is 0 Å². The molecule has 1 N–H and O–H groups in total. The summed E-state index contributed by atoms with van der Waals surface area (Å²) < 4.78 is 18.8. The Bertz CT molecular complexity index is 878. The number of hydrogen-bond donors (Lipinski definition) is 1. The number of allylic oxidation sites excluding steroid dienone is 3. The van der Waals surface area contributed by atoms with E-state index in [1.165, 1.54) is 23.3 Å². The Morgan fingerprint density at radius 1 is 1.10 bits per heavy atom. The lowest BCUT2D eigenvalue weighted by molar-refractivity contribution is 0.0639. The van der Waals surface area contributed by atoms with Crippen LogP contribution in [0.1, 0.15) is 70.6 Å². The lowest BCUT2D eigenvalue weighted by Gasteiger charge is -2.33. The fraction of sp³-hybridized carbons (Fsp3) is 0.429. The molecule has 2 nitrogen and oxygen atoms in total. The van der Waals surface area contributed by atoms with Crippen molar-refractivity contribution in [3.63, 3.8) is 0 Å². The van der Waals surface area contributed by atoms with Gasteiger partial charge < -0.3 is 9.84 Å². The minimum Gasteiger partial charge on any atom is -0.497 e. The molecular weight excluding hydrogens is 387 g/mol. The number of halogens is 1. The molecule has 0 aromatic heterocycles. The van der Waals surface area contributed by atoms with Gasteiger partial charge in [0.1, 0.15) is 11.6 Å². The predicted molar refractivity (Wildman–Crippen MR) is 128 cm³/mol. The summed E-state index contributed by atoms with van der Waals surface area (Å²) in [7, 11) is 1.68. The van der Waals surface area contributed by atoms with Gasteiger partial charge in [0, 0.05) is 11.3 Å². The summed E-state index contributed by atoms with van der Waals surface area (Å²) in [6.45, 7) is 10.7. The Labute approximate surface area is 187 Å². The van der Waals surface area contributed by atoms with Crippen LogP contribution in [0.3, 0.4) is 0 Å². The van der Waals surface area contributed by atoms with E-state index < -0.39 is 11.5 Å². The maximum Gasteiger partial charge on any atom is 0.123 e. The molecule has 0 aliphatic heterocycles. The molecule has 0 saturated heterocycles. The number of methoxy groups -OCH3 is 1. The normalized spacial score (nSPS) is 15.5. The first kappa shape index (κ1) is 24.9. The van der Waals surface area contributed by atoms with Gasteiger partial charge >= 0.3 is 0 Å². The molecular formula is C28H37FO2. The third kappa shape index (κ3) is 7.07. The van der Waals surface area contributed by atoms with Crippen LogP contribution in [-0.2, 0) is 0 Å². The highest BCUT2D eigenvalue weighted by molar-refractivity contribution is 5.34. The summed E-state index contributed by atoms with van der Waals surface area (Å²) in [5, 5.41) is 11.3. The molecule has 0 spiro atoms. The third-order valence-corrected chi connectivity index (χ3v) is 5.93. The Balaban J connectivity index is 2.39. The summed E-state index contributed by atoms with van der Waals surface area (Å²) in [4.78, 5) is 0. The molecule has 2 aromatic rings. The Morgan fingerprint density at radius 3 is 2.35 bits per heavy atom. The van der Waals surface area contributed by atoms with Gasteiger partial charge in [0.05, 0.1) is 13.2 Å². The van der Waals surface area contributed by atoms with Crippen LogP contribution in [0.2, 0.25) is 0 Å². The lowest BCUT2D eigenvalue weighted by atomic mass is 9.75. The zero-order chi connectivity index (χ0) is 23.0. The smallest absolute Gasteiger partial charge is 0.123 e. The first-order valence-electron chi connectivity index (χ1n) is 11.1. The van der Waals surface area contributed by atoms with Crippen molar-refractivity contribution in [3.8, 4) is 5.75 Å². The SMILES string of the molecule is COc1cccc(C(/C=C/C(C)(CCC=C(C)C)C(O)c2ccc(F)cc2)C(C)C)c1. The molecule has 0 radical (unpaired) electrons. The molecule has 0 fully saturated rings. The zero-order valence-corrected chi connectivity index (χ0v) is 19.7. The molecule has 3 unspecified atom stereocenters. The Morgan fingerprint density at radius 2 is 1.77 bits per heavy atom. The van der Waals surface area contributed by atoms with Crippen molar-refractivity contribution in [1.29, 1.82) is 0 Å². The highest BCUT2D eigenvalue weighted by Gasteiger charge is 2.31. The average molecular weight is 425 g/mol. The second-order valence-corrected chi connectivity index (χ2v) is 9.19. The number of ether oxygens (including phenoxy) is 1. The summed E-state index contributed by atoms with van der Waals surface area (Å²) in [5.41, 5.74) is 2.69. The van der Waals surface area contributed by atoms with Gasteiger partial charge in [0.2, 0.25) is 0 Å². The average Bonchev–Trinajstić information content (AvgIpc) is 2.73. The van der Waals surface area contributed by atoms with Crippen LogP contribution < -0.4 is 4.74 Å². The van der Waals surface area contributed by atoms with Crippen molar-refractivity contribution in [2.24, 2.45) is 11.3 Å². The van der Waals surface area contributed by atoms with Crippen LogP contribution in [0.4, 0.5) is 4.39 Å². The van der Waals surface area contributed by atoms with Crippen LogP contribution in [0.25, 0.3) is 0 Å². The second-order valence-electron chi connectivity index (χ2n) is 9.19. The van der Waals surface area contributed by atoms with Crippen LogP contribution in [0.15, 0.2) is 72.3 Å². The number of aliphatic hydroxyl groups excluding tert-OH is 1. The van der Waals surface area contributed by atoms with Gasteiger partial charge in [-0.2, -0.15) is 0 Å². The molecule has 0 bridgehead atoms. The van der Waals surface area contributed by atoms with E-state index >= 15 is 0 Å². The fourth-order valence-corrected chi connectivity index (χ4v) is 3.90. The van der Waals surface area contributed by atoms with Crippen molar-refractivity contribution in [2.45, 2.75) is 59.5 Å². The van der Waals surface area contributed by atoms with Gasteiger partial charge in [0.15, 0.2) is 0 Å². The first-order valence-corrected chi connectivity index (χ1v) is 11.1. The molecule has 0 amide bonds. The monoisotopic (exact) mass is 424 g/mol. The molecule has 0 aliphatic carbocycles. The number of benzene rings is 2. The molecule has 0 saturated carbocycles. The molecule has 2 aromatic carbocycles. The van der Waals surface area contributed by atoms with Crippen LogP contribution in [-0.4, -0.2) is 12.2 Å². The van der Waals surface area contributed by atoms with Crippen LogP contribution in [0, 0.1) is 17.2 Å². The van der Waals surface area contributed by atoms with E-state index in [0.717, 1.165) is 24.2 Å². The van der Waals surface area contributed by atoms with E-state index in [9.17, 15) is 9.50 Å². The summed E-state index contributed by atoms with van der Waals surface area (Å²) >= 11 is 0. The quantitative estimate of drug-likeness (QED) is 0.398. The largest absolute Gasteiger partial charge is 0.497 e. The third-order valence-electron chi connectivity index (χ3n) is 5.93. The minimum atomic E-state index is -0.729. The van der Waals surface area contributed by atoms with Gasteiger partial charge in [-0.1, -0.05) is 68.8 Å².